The minimum absolute atomic E-state index is 0.00726. The van der Waals surface area contributed by atoms with E-state index in [-0.39, 0.29) is 12.6 Å². The van der Waals surface area contributed by atoms with Crippen molar-refractivity contribution in [2.45, 2.75) is 32.4 Å². The highest BCUT2D eigenvalue weighted by atomic mass is 35.5. The van der Waals surface area contributed by atoms with E-state index < -0.39 is 0 Å². The molecule has 0 radical (unpaired) electrons. The lowest BCUT2D eigenvalue weighted by atomic mass is 10.1. The van der Waals surface area contributed by atoms with Gasteiger partial charge in [0.05, 0.1) is 13.2 Å². The van der Waals surface area contributed by atoms with Gasteiger partial charge < -0.3 is 5.11 Å². The van der Waals surface area contributed by atoms with E-state index in [9.17, 15) is 5.11 Å². The van der Waals surface area contributed by atoms with Crippen molar-refractivity contribution in [2.75, 3.05) is 6.61 Å². The van der Waals surface area contributed by atoms with Crippen molar-refractivity contribution in [1.82, 2.24) is 24.5 Å². The normalized spacial score (nSPS) is 12.5. The summed E-state index contributed by atoms with van der Waals surface area (Å²) in [6.45, 7) is 2.51. The molecule has 2 heterocycles. The standard InChI is InChI=1S/C17H20ClN5O/c1-2-15(22-8-4-7-19-22)17-20-16(21-23(17)9-10-24)12-13-5-3-6-14(18)11-13/h3-8,11,15,24H,2,9-10,12H2,1H3. The highest BCUT2D eigenvalue weighted by Gasteiger charge is 2.20. The molecule has 126 valence electrons. The molecule has 0 spiro atoms. The molecule has 0 aliphatic rings. The molecule has 3 aromatic rings. The third-order valence-electron chi connectivity index (χ3n) is 3.84. The van der Waals surface area contributed by atoms with Crippen molar-refractivity contribution in [1.29, 1.82) is 0 Å². The summed E-state index contributed by atoms with van der Waals surface area (Å²) in [7, 11) is 0. The molecule has 1 atom stereocenters. The van der Waals surface area contributed by atoms with Crippen LogP contribution in [0, 0.1) is 0 Å². The maximum Gasteiger partial charge on any atom is 0.155 e. The number of aliphatic hydroxyl groups is 1. The molecule has 0 bridgehead atoms. The SMILES string of the molecule is CCC(c1nc(Cc2cccc(Cl)c2)nn1CCO)n1cccn1. The lowest BCUT2D eigenvalue weighted by molar-refractivity contribution is 0.263. The Bertz CT molecular complexity index is 784. The van der Waals surface area contributed by atoms with Crippen LogP contribution in [-0.4, -0.2) is 36.3 Å². The van der Waals surface area contributed by atoms with Gasteiger partial charge in [0.1, 0.15) is 6.04 Å². The molecule has 24 heavy (non-hydrogen) atoms. The number of nitrogens with zero attached hydrogens (tertiary/aromatic N) is 5. The van der Waals surface area contributed by atoms with Crippen LogP contribution < -0.4 is 0 Å². The van der Waals surface area contributed by atoms with Crippen molar-refractivity contribution in [3.05, 3.63) is 65.0 Å². The van der Waals surface area contributed by atoms with Gasteiger partial charge in [0.15, 0.2) is 11.6 Å². The number of aliphatic hydroxyl groups excluding tert-OH is 1. The van der Waals surface area contributed by atoms with Crippen LogP contribution in [0.4, 0.5) is 0 Å². The zero-order chi connectivity index (χ0) is 16.9. The van der Waals surface area contributed by atoms with E-state index >= 15 is 0 Å². The summed E-state index contributed by atoms with van der Waals surface area (Å²) >= 11 is 6.05. The van der Waals surface area contributed by atoms with Crippen LogP contribution in [0.5, 0.6) is 0 Å². The number of hydrogen-bond donors (Lipinski definition) is 1. The lowest BCUT2D eigenvalue weighted by Gasteiger charge is -2.15. The molecule has 2 aromatic heterocycles. The van der Waals surface area contributed by atoms with E-state index in [1.807, 2.05) is 41.2 Å². The Balaban J connectivity index is 1.92. The predicted molar refractivity (Wildman–Crippen MR) is 92.0 cm³/mol. The monoisotopic (exact) mass is 345 g/mol. The van der Waals surface area contributed by atoms with Gasteiger partial charge in [-0.25, -0.2) is 9.67 Å². The number of halogens is 1. The van der Waals surface area contributed by atoms with Crippen molar-refractivity contribution in [2.24, 2.45) is 0 Å². The second kappa shape index (κ2) is 7.59. The maximum atomic E-state index is 9.34. The van der Waals surface area contributed by atoms with E-state index in [0.717, 1.165) is 17.8 Å². The average molecular weight is 346 g/mol. The van der Waals surface area contributed by atoms with Gasteiger partial charge in [-0.05, 0) is 30.2 Å². The zero-order valence-corrected chi connectivity index (χ0v) is 14.3. The number of aromatic nitrogens is 5. The van der Waals surface area contributed by atoms with Gasteiger partial charge in [0.2, 0.25) is 0 Å². The Labute approximate surface area is 145 Å². The summed E-state index contributed by atoms with van der Waals surface area (Å²) in [5, 5.41) is 18.9. The topological polar surface area (TPSA) is 68.8 Å². The van der Waals surface area contributed by atoms with Crippen molar-refractivity contribution in [3.8, 4) is 0 Å². The Morgan fingerprint density at radius 2 is 2.17 bits per heavy atom. The van der Waals surface area contributed by atoms with Gasteiger partial charge in [-0.1, -0.05) is 30.7 Å². The molecule has 7 heteroatoms. The molecule has 6 nitrogen and oxygen atoms in total. The van der Waals surface area contributed by atoms with Gasteiger partial charge in [0.25, 0.3) is 0 Å². The second-order valence-corrected chi connectivity index (χ2v) is 5.99. The minimum Gasteiger partial charge on any atom is -0.394 e. The lowest BCUT2D eigenvalue weighted by Crippen LogP contribution is -2.18. The van der Waals surface area contributed by atoms with E-state index in [1.54, 1.807) is 10.9 Å². The Kier molecular flexibility index (Phi) is 5.27. The second-order valence-electron chi connectivity index (χ2n) is 5.55. The summed E-state index contributed by atoms with van der Waals surface area (Å²) in [5.74, 6) is 1.53. The average Bonchev–Trinajstić information content (AvgIpc) is 3.20. The fraction of sp³-hybridized carbons (Fsp3) is 0.353. The largest absolute Gasteiger partial charge is 0.394 e. The van der Waals surface area contributed by atoms with E-state index in [2.05, 4.69) is 17.1 Å². The quantitative estimate of drug-likeness (QED) is 0.715. The smallest absolute Gasteiger partial charge is 0.155 e. The van der Waals surface area contributed by atoms with Gasteiger partial charge in [0, 0.05) is 23.8 Å². The minimum atomic E-state index is -0.00726. The number of benzene rings is 1. The van der Waals surface area contributed by atoms with Crippen LogP contribution in [-0.2, 0) is 13.0 Å². The third-order valence-corrected chi connectivity index (χ3v) is 4.07. The summed E-state index contributed by atoms with van der Waals surface area (Å²) in [5.41, 5.74) is 1.06. The molecule has 1 unspecified atom stereocenters. The van der Waals surface area contributed by atoms with Crippen LogP contribution in [0.25, 0.3) is 0 Å². The zero-order valence-electron chi connectivity index (χ0n) is 13.5. The molecule has 1 N–H and O–H groups in total. The van der Waals surface area contributed by atoms with Crippen LogP contribution in [0.15, 0.2) is 42.7 Å². The summed E-state index contributed by atoms with van der Waals surface area (Å²) < 4.78 is 3.65. The Hall–Kier alpha value is -2.18. The van der Waals surface area contributed by atoms with Crippen molar-refractivity contribution < 1.29 is 5.11 Å². The fourth-order valence-electron chi connectivity index (χ4n) is 2.77. The molecule has 0 amide bonds. The predicted octanol–water partition coefficient (Wildman–Crippen LogP) is 2.71. The first-order chi connectivity index (χ1) is 11.7. The van der Waals surface area contributed by atoms with Crippen LogP contribution >= 0.6 is 11.6 Å². The Morgan fingerprint density at radius 3 is 2.83 bits per heavy atom. The first-order valence-corrected chi connectivity index (χ1v) is 8.37. The molecule has 0 fully saturated rings. The summed E-state index contributed by atoms with van der Waals surface area (Å²) in [6, 6.07) is 9.57. The highest BCUT2D eigenvalue weighted by molar-refractivity contribution is 6.30. The molecule has 0 saturated heterocycles. The third kappa shape index (κ3) is 3.66. The highest BCUT2D eigenvalue weighted by Crippen LogP contribution is 2.21. The maximum absolute atomic E-state index is 9.34. The summed E-state index contributed by atoms with van der Waals surface area (Å²) in [4.78, 5) is 4.72. The van der Waals surface area contributed by atoms with Crippen LogP contribution in [0.1, 0.15) is 36.6 Å². The number of hydrogen-bond acceptors (Lipinski definition) is 4. The van der Waals surface area contributed by atoms with Gasteiger partial charge in [-0.3, -0.25) is 4.68 Å². The van der Waals surface area contributed by atoms with Crippen molar-refractivity contribution in [3.63, 3.8) is 0 Å². The van der Waals surface area contributed by atoms with Crippen LogP contribution in [0.3, 0.4) is 0 Å². The van der Waals surface area contributed by atoms with E-state index in [1.165, 1.54) is 0 Å². The Morgan fingerprint density at radius 1 is 1.29 bits per heavy atom. The molecular formula is C17H20ClN5O. The molecular weight excluding hydrogens is 326 g/mol. The van der Waals surface area contributed by atoms with Gasteiger partial charge >= 0.3 is 0 Å². The van der Waals surface area contributed by atoms with E-state index in [4.69, 9.17) is 16.6 Å². The van der Waals surface area contributed by atoms with Crippen molar-refractivity contribution >= 4 is 11.6 Å². The fourth-order valence-corrected chi connectivity index (χ4v) is 2.98. The van der Waals surface area contributed by atoms with E-state index in [0.29, 0.717) is 23.8 Å². The van der Waals surface area contributed by atoms with Gasteiger partial charge in [-0.2, -0.15) is 10.2 Å². The molecule has 1 aromatic carbocycles. The molecule has 0 aliphatic carbocycles. The summed E-state index contributed by atoms with van der Waals surface area (Å²) in [6.07, 6.45) is 5.11. The first kappa shape index (κ1) is 16.7. The van der Waals surface area contributed by atoms with Crippen LogP contribution in [0.2, 0.25) is 5.02 Å². The van der Waals surface area contributed by atoms with Gasteiger partial charge in [-0.15, -0.1) is 0 Å². The molecule has 3 rings (SSSR count). The first-order valence-electron chi connectivity index (χ1n) is 7.99. The number of rotatable bonds is 7. The molecule has 0 aliphatic heterocycles. The molecule has 0 saturated carbocycles.